The van der Waals surface area contributed by atoms with E-state index in [0.29, 0.717) is 23.0 Å². The number of alkyl halides is 3. The molecule has 1 N–H and O–H groups in total. The first-order chi connectivity index (χ1) is 11.9. The minimum absolute atomic E-state index is 0.193. The van der Waals surface area contributed by atoms with Crippen LogP contribution in [0.1, 0.15) is 24.3 Å². The fourth-order valence-electron chi connectivity index (χ4n) is 2.24. The molecule has 1 unspecified atom stereocenters. The predicted molar refractivity (Wildman–Crippen MR) is 83.7 cm³/mol. The van der Waals surface area contributed by atoms with Crippen molar-refractivity contribution >= 4 is 5.69 Å². The molecule has 0 aliphatic heterocycles. The van der Waals surface area contributed by atoms with Gasteiger partial charge < -0.3 is 14.6 Å². The Kier molecular flexibility index (Phi) is 4.39. The Hall–Kier alpha value is -2.97. The molecular weight excluding hydrogens is 337 g/mol. The van der Waals surface area contributed by atoms with Gasteiger partial charge in [-0.1, -0.05) is 0 Å². The Morgan fingerprint density at radius 2 is 1.96 bits per heavy atom. The van der Waals surface area contributed by atoms with Gasteiger partial charge in [-0.2, -0.15) is 18.3 Å². The smallest absolute Gasteiger partial charge is 0.416 e. The first-order valence-corrected chi connectivity index (χ1v) is 7.36. The van der Waals surface area contributed by atoms with E-state index in [0.717, 1.165) is 12.1 Å². The summed E-state index contributed by atoms with van der Waals surface area (Å²) >= 11 is 0. The first kappa shape index (κ1) is 16.9. The van der Waals surface area contributed by atoms with Gasteiger partial charge in [-0.25, -0.2) is 4.68 Å². The highest BCUT2D eigenvalue weighted by atomic mass is 19.4. The van der Waals surface area contributed by atoms with E-state index in [9.17, 15) is 13.2 Å². The summed E-state index contributed by atoms with van der Waals surface area (Å²) in [5.74, 6) is 0.961. The number of halogens is 3. The number of rotatable bonds is 5. The highest BCUT2D eigenvalue weighted by Crippen LogP contribution is 2.29. The van der Waals surface area contributed by atoms with Crippen LogP contribution in [-0.4, -0.2) is 22.0 Å². The Bertz CT molecular complexity index is 840. The van der Waals surface area contributed by atoms with Gasteiger partial charge >= 0.3 is 6.18 Å². The standard InChI is InChI=1S/C16H15F3N4O2/c1-10(14-7-15(24-2)22-25-14)21-12-8-20-23(9-12)13-5-3-11(4-6-13)16(17,18)19/h3-10,21H,1-2H3. The van der Waals surface area contributed by atoms with E-state index in [4.69, 9.17) is 9.26 Å². The van der Waals surface area contributed by atoms with Crippen molar-refractivity contribution in [3.63, 3.8) is 0 Å². The van der Waals surface area contributed by atoms with Crippen LogP contribution in [0.2, 0.25) is 0 Å². The molecule has 0 saturated carbocycles. The highest BCUT2D eigenvalue weighted by Gasteiger charge is 2.30. The Morgan fingerprint density at radius 3 is 2.56 bits per heavy atom. The lowest BCUT2D eigenvalue weighted by Crippen LogP contribution is -2.05. The lowest BCUT2D eigenvalue weighted by Gasteiger charge is -2.09. The third-order valence-electron chi connectivity index (χ3n) is 3.57. The van der Waals surface area contributed by atoms with Crippen LogP contribution in [-0.2, 0) is 6.18 Å². The van der Waals surface area contributed by atoms with Crippen LogP contribution < -0.4 is 10.1 Å². The molecule has 2 aromatic heterocycles. The number of nitrogens with one attached hydrogen (secondary N) is 1. The predicted octanol–water partition coefficient (Wildman–Crippen LogP) is 4.06. The molecule has 0 bridgehead atoms. The number of hydrogen-bond donors (Lipinski definition) is 1. The SMILES string of the molecule is COc1cc(C(C)Nc2cnn(-c3ccc(C(F)(F)F)cc3)c2)on1. The van der Waals surface area contributed by atoms with E-state index in [1.165, 1.54) is 23.9 Å². The molecular formula is C16H15F3N4O2. The van der Waals surface area contributed by atoms with Gasteiger partial charge in [-0.15, -0.1) is 0 Å². The molecule has 3 rings (SSSR count). The molecule has 0 aliphatic rings. The fraction of sp³-hybridized carbons (Fsp3) is 0.250. The Labute approximate surface area is 141 Å². The van der Waals surface area contributed by atoms with E-state index in [1.807, 2.05) is 6.92 Å². The summed E-state index contributed by atoms with van der Waals surface area (Å²) in [5, 5.41) is 11.0. The first-order valence-electron chi connectivity index (χ1n) is 7.36. The zero-order valence-electron chi connectivity index (χ0n) is 13.4. The molecule has 0 radical (unpaired) electrons. The number of ether oxygens (including phenoxy) is 1. The van der Waals surface area contributed by atoms with Gasteiger partial charge in [0.25, 0.3) is 5.88 Å². The van der Waals surface area contributed by atoms with Crippen LogP contribution in [0.4, 0.5) is 18.9 Å². The average Bonchev–Trinajstić information content (AvgIpc) is 3.23. The summed E-state index contributed by atoms with van der Waals surface area (Å²) in [6, 6.07) is 6.25. The topological polar surface area (TPSA) is 65.1 Å². The second kappa shape index (κ2) is 6.50. The monoisotopic (exact) mass is 352 g/mol. The molecule has 0 aliphatic carbocycles. The molecule has 1 aromatic carbocycles. The van der Waals surface area contributed by atoms with Crippen molar-refractivity contribution in [2.75, 3.05) is 12.4 Å². The van der Waals surface area contributed by atoms with Crippen molar-refractivity contribution in [3.8, 4) is 11.6 Å². The number of hydrogen-bond acceptors (Lipinski definition) is 5. The summed E-state index contributed by atoms with van der Waals surface area (Å²) in [4.78, 5) is 0. The largest absolute Gasteiger partial charge is 0.479 e. The van der Waals surface area contributed by atoms with Crippen molar-refractivity contribution in [1.29, 1.82) is 0 Å². The number of nitrogens with zero attached hydrogens (tertiary/aromatic N) is 3. The molecule has 3 aromatic rings. The molecule has 0 fully saturated rings. The quantitative estimate of drug-likeness (QED) is 0.750. The lowest BCUT2D eigenvalue weighted by atomic mass is 10.2. The minimum atomic E-state index is -4.36. The molecule has 25 heavy (non-hydrogen) atoms. The summed E-state index contributed by atoms with van der Waals surface area (Å²) in [6.07, 6.45) is -1.11. The van der Waals surface area contributed by atoms with Gasteiger partial charge in [0.2, 0.25) is 0 Å². The average molecular weight is 352 g/mol. The second-order valence-corrected chi connectivity index (χ2v) is 5.36. The number of methoxy groups -OCH3 is 1. The van der Waals surface area contributed by atoms with E-state index < -0.39 is 11.7 Å². The number of aromatic nitrogens is 3. The zero-order valence-corrected chi connectivity index (χ0v) is 13.4. The minimum Gasteiger partial charge on any atom is -0.479 e. The summed E-state index contributed by atoms with van der Waals surface area (Å²) < 4.78 is 49.4. The Balaban J connectivity index is 1.71. The van der Waals surface area contributed by atoms with Gasteiger partial charge in [0, 0.05) is 6.07 Å². The van der Waals surface area contributed by atoms with E-state index in [-0.39, 0.29) is 6.04 Å². The molecule has 1 atom stereocenters. The fourth-order valence-corrected chi connectivity index (χ4v) is 2.24. The highest BCUT2D eigenvalue weighted by molar-refractivity contribution is 5.44. The zero-order chi connectivity index (χ0) is 18.0. The van der Waals surface area contributed by atoms with Crippen LogP contribution >= 0.6 is 0 Å². The van der Waals surface area contributed by atoms with Crippen LogP contribution in [0.25, 0.3) is 5.69 Å². The van der Waals surface area contributed by atoms with Crippen LogP contribution in [0.15, 0.2) is 47.2 Å². The van der Waals surface area contributed by atoms with Gasteiger partial charge in [0.05, 0.1) is 42.5 Å². The summed E-state index contributed by atoms with van der Waals surface area (Å²) in [7, 11) is 1.49. The maximum absolute atomic E-state index is 12.6. The third-order valence-corrected chi connectivity index (χ3v) is 3.57. The Morgan fingerprint density at radius 1 is 1.24 bits per heavy atom. The van der Waals surface area contributed by atoms with Gasteiger partial charge in [0.15, 0.2) is 5.76 Å². The summed E-state index contributed by atoms with van der Waals surface area (Å²) in [5.41, 5.74) is 0.507. The van der Waals surface area contributed by atoms with Crippen molar-refractivity contribution in [3.05, 3.63) is 54.0 Å². The van der Waals surface area contributed by atoms with Crippen molar-refractivity contribution < 1.29 is 22.4 Å². The second-order valence-electron chi connectivity index (χ2n) is 5.36. The van der Waals surface area contributed by atoms with Gasteiger partial charge in [-0.3, -0.25) is 0 Å². The van der Waals surface area contributed by atoms with Crippen LogP contribution in [0.5, 0.6) is 5.88 Å². The number of benzene rings is 1. The maximum Gasteiger partial charge on any atom is 0.416 e. The van der Waals surface area contributed by atoms with Crippen molar-refractivity contribution in [2.24, 2.45) is 0 Å². The van der Waals surface area contributed by atoms with Crippen LogP contribution in [0, 0.1) is 0 Å². The van der Waals surface area contributed by atoms with Crippen molar-refractivity contribution in [2.45, 2.75) is 19.1 Å². The van der Waals surface area contributed by atoms with E-state index in [1.54, 1.807) is 18.5 Å². The maximum atomic E-state index is 12.6. The lowest BCUT2D eigenvalue weighted by molar-refractivity contribution is -0.137. The van der Waals surface area contributed by atoms with E-state index in [2.05, 4.69) is 15.6 Å². The molecule has 0 saturated heterocycles. The molecule has 0 amide bonds. The molecule has 132 valence electrons. The van der Waals surface area contributed by atoms with Gasteiger partial charge in [0.1, 0.15) is 0 Å². The van der Waals surface area contributed by atoms with Gasteiger partial charge in [-0.05, 0) is 36.3 Å². The summed E-state index contributed by atoms with van der Waals surface area (Å²) in [6.45, 7) is 1.87. The van der Waals surface area contributed by atoms with E-state index >= 15 is 0 Å². The van der Waals surface area contributed by atoms with Crippen molar-refractivity contribution in [1.82, 2.24) is 14.9 Å². The molecule has 9 heteroatoms. The third kappa shape index (κ3) is 3.76. The van der Waals surface area contributed by atoms with Crippen LogP contribution in [0.3, 0.4) is 0 Å². The normalized spacial score (nSPS) is 12.8. The molecule has 2 heterocycles. The molecule has 6 nitrogen and oxygen atoms in total. The number of anilines is 1. The molecule has 0 spiro atoms.